The Kier molecular flexibility index (Phi) is 2.77. The van der Waals surface area contributed by atoms with Crippen LogP contribution in [-0.4, -0.2) is 4.98 Å². The third kappa shape index (κ3) is 2.09. The molecule has 0 fully saturated rings. The van der Waals surface area contributed by atoms with Crippen LogP contribution in [-0.2, 0) is 6.18 Å². The molecule has 0 aliphatic carbocycles. The molecule has 1 N–H and O–H groups in total. The molecule has 6 heteroatoms. The zero-order chi connectivity index (χ0) is 12.8. The number of aryl methyl sites for hydroxylation is 1. The van der Waals surface area contributed by atoms with Gasteiger partial charge in [0.15, 0.2) is 0 Å². The Morgan fingerprint density at radius 2 is 1.94 bits per heavy atom. The molecule has 1 heterocycles. The number of alkyl halides is 3. The predicted molar refractivity (Wildman–Crippen MR) is 62.0 cm³/mol. The van der Waals surface area contributed by atoms with Gasteiger partial charge in [0, 0.05) is 16.6 Å². The fraction of sp³-hybridized carbons (Fsp3) is 0.182. The van der Waals surface area contributed by atoms with Crippen molar-refractivity contribution in [3.8, 4) is 0 Å². The molecule has 0 radical (unpaired) electrons. The van der Waals surface area contributed by atoms with E-state index >= 15 is 0 Å². The van der Waals surface area contributed by atoms with Crippen LogP contribution in [0.3, 0.4) is 0 Å². The van der Waals surface area contributed by atoms with E-state index in [-0.39, 0.29) is 9.86 Å². The zero-order valence-corrected chi connectivity index (χ0v) is 10.2. The first-order chi connectivity index (χ1) is 7.80. The summed E-state index contributed by atoms with van der Waals surface area (Å²) in [6.07, 6.45) is -4.45. The molecule has 0 aliphatic rings. The van der Waals surface area contributed by atoms with Crippen molar-refractivity contribution >= 4 is 26.8 Å². The topological polar surface area (TPSA) is 32.9 Å². The number of pyridine rings is 1. The number of rotatable bonds is 0. The van der Waals surface area contributed by atoms with Crippen LogP contribution >= 0.6 is 15.9 Å². The van der Waals surface area contributed by atoms with E-state index in [4.69, 9.17) is 0 Å². The number of halogens is 4. The van der Waals surface area contributed by atoms with Crippen molar-refractivity contribution in [2.75, 3.05) is 0 Å². The SMILES string of the molecule is Cc1[nH]c2ccc(C(F)(F)F)cc2c(=O)c1Br. The molecule has 0 saturated heterocycles. The van der Waals surface area contributed by atoms with Crippen molar-refractivity contribution in [1.82, 2.24) is 4.98 Å². The second kappa shape index (κ2) is 3.87. The molecule has 0 saturated carbocycles. The van der Waals surface area contributed by atoms with Crippen LogP contribution in [0.1, 0.15) is 11.3 Å². The van der Waals surface area contributed by atoms with E-state index in [1.807, 2.05) is 0 Å². The van der Waals surface area contributed by atoms with E-state index in [0.29, 0.717) is 11.2 Å². The minimum atomic E-state index is -4.45. The highest BCUT2D eigenvalue weighted by molar-refractivity contribution is 9.10. The van der Waals surface area contributed by atoms with Gasteiger partial charge in [0.2, 0.25) is 5.43 Å². The third-order valence-corrected chi connectivity index (χ3v) is 3.40. The number of H-pyrrole nitrogens is 1. The highest BCUT2D eigenvalue weighted by Crippen LogP contribution is 2.30. The van der Waals surface area contributed by atoms with Crippen molar-refractivity contribution < 1.29 is 13.2 Å². The molecule has 2 aromatic rings. The molecule has 17 heavy (non-hydrogen) atoms. The monoisotopic (exact) mass is 305 g/mol. The first-order valence-electron chi connectivity index (χ1n) is 4.70. The Hall–Kier alpha value is -1.30. The molecule has 1 aromatic heterocycles. The zero-order valence-electron chi connectivity index (χ0n) is 8.65. The number of aromatic nitrogens is 1. The van der Waals surface area contributed by atoms with Crippen LogP contribution in [0.5, 0.6) is 0 Å². The molecule has 2 nitrogen and oxygen atoms in total. The summed E-state index contributed by atoms with van der Waals surface area (Å²) in [7, 11) is 0. The maximum absolute atomic E-state index is 12.5. The summed E-state index contributed by atoms with van der Waals surface area (Å²) in [5.41, 5.74) is -0.292. The van der Waals surface area contributed by atoms with E-state index in [9.17, 15) is 18.0 Å². The lowest BCUT2D eigenvalue weighted by Gasteiger charge is -2.08. The Bertz CT molecular complexity index is 645. The van der Waals surface area contributed by atoms with Crippen LogP contribution < -0.4 is 5.43 Å². The predicted octanol–water partition coefficient (Wildman–Crippen LogP) is 3.62. The average Bonchev–Trinajstić information content (AvgIpc) is 2.24. The summed E-state index contributed by atoms with van der Waals surface area (Å²) in [5, 5.41) is 0.0253. The fourth-order valence-corrected chi connectivity index (χ4v) is 1.88. The number of benzene rings is 1. The number of hydrogen-bond acceptors (Lipinski definition) is 1. The van der Waals surface area contributed by atoms with Crippen molar-refractivity contribution in [3.63, 3.8) is 0 Å². The van der Waals surface area contributed by atoms with Crippen LogP contribution in [0.25, 0.3) is 10.9 Å². The van der Waals surface area contributed by atoms with Crippen LogP contribution in [0.15, 0.2) is 27.5 Å². The Morgan fingerprint density at radius 3 is 2.53 bits per heavy atom. The van der Waals surface area contributed by atoms with E-state index in [0.717, 1.165) is 12.1 Å². The van der Waals surface area contributed by atoms with Crippen LogP contribution in [0.4, 0.5) is 13.2 Å². The van der Waals surface area contributed by atoms with Gasteiger partial charge in [0.25, 0.3) is 0 Å². The summed E-state index contributed by atoms with van der Waals surface area (Å²) in [5.74, 6) is 0. The molecular formula is C11H7BrF3NO. The Labute approximate surface area is 103 Å². The lowest BCUT2D eigenvalue weighted by atomic mass is 10.1. The minimum absolute atomic E-state index is 0.0253. The normalized spacial score (nSPS) is 12.1. The number of nitrogens with one attached hydrogen (secondary N) is 1. The summed E-state index contributed by atoms with van der Waals surface area (Å²) in [6.45, 7) is 1.67. The summed E-state index contributed by atoms with van der Waals surface area (Å²) in [4.78, 5) is 14.7. The Morgan fingerprint density at radius 1 is 1.29 bits per heavy atom. The maximum atomic E-state index is 12.5. The molecule has 0 atom stereocenters. The molecule has 90 valence electrons. The van der Waals surface area contributed by atoms with Gasteiger partial charge in [-0.2, -0.15) is 13.2 Å². The second-order valence-corrected chi connectivity index (χ2v) is 4.44. The minimum Gasteiger partial charge on any atom is -0.357 e. The second-order valence-electron chi connectivity index (χ2n) is 3.65. The molecular weight excluding hydrogens is 299 g/mol. The smallest absolute Gasteiger partial charge is 0.357 e. The molecule has 0 amide bonds. The highest BCUT2D eigenvalue weighted by Gasteiger charge is 2.30. The third-order valence-electron chi connectivity index (χ3n) is 2.44. The Balaban J connectivity index is 2.83. The van der Waals surface area contributed by atoms with Crippen LogP contribution in [0.2, 0.25) is 0 Å². The van der Waals surface area contributed by atoms with Gasteiger partial charge in [0.05, 0.1) is 10.0 Å². The van der Waals surface area contributed by atoms with E-state index < -0.39 is 17.2 Å². The number of fused-ring (bicyclic) bond motifs is 1. The first kappa shape index (κ1) is 12.2. The number of aromatic amines is 1. The molecule has 1 aromatic carbocycles. The van der Waals surface area contributed by atoms with Gasteiger partial charge in [0.1, 0.15) is 0 Å². The molecule has 2 rings (SSSR count). The van der Waals surface area contributed by atoms with Gasteiger partial charge in [-0.1, -0.05) is 0 Å². The lowest BCUT2D eigenvalue weighted by molar-refractivity contribution is -0.137. The number of hydrogen-bond donors (Lipinski definition) is 1. The van der Waals surface area contributed by atoms with Gasteiger partial charge in [-0.15, -0.1) is 0 Å². The van der Waals surface area contributed by atoms with E-state index in [1.54, 1.807) is 6.92 Å². The average molecular weight is 306 g/mol. The molecule has 0 aliphatic heterocycles. The summed E-state index contributed by atoms with van der Waals surface area (Å²) in [6, 6.07) is 3.07. The van der Waals surface area contributed by atoms with Crippen molar-refractivity contribution in [2.45, 2.75) is 13.1 Å². The summed E-state index contributed by atoms with van der Waals surface area (Å²) < 4.78 is 37.8. The van der Waals surface area contributed by atoms with E-state index in [2.05, 4.69) is 20.9 Å². The lowest BCUT2D eigenvalue weighted by Crippen LogP contribution is -2.10. The van der Waals surface area contributed by atoms with Gasteiger partial charge >= 0.3 is 6.18 Å². The van der Waals surface area contributed by atoms with Gasteiger partial charge in [-0.05, 0) is 41.1 Å². The van der Waals surface area contributed by atoms with Gasteiger partial charge in [-0.3, -0.25) is 4.79 Å². The van der Waals surface area contributed by atoms with Crippen molar-refractivity contribution in [2.24, 2.45) is 0 Å². The highest BCUT2D eigenvalue weighted by atomic mass is 79.9. The standard InChI is InChI=1S/C11H7BrF3NO/c1-5-9(12)10(17)7-4-6(11(13,14)15)2-3-8(7)16-5/h2-4H,1H3,(H,16,17). The van der Waals surface area contributed by atoms with Gasteiger partial charge < -0.3 is 4.98 Å². The van der Waals surface area contributed by atoms with Gasteiger partial charge in [-0.25, -0.2) is 0 Å². The van der Waals surface area contributed by atoms with E-state index in [1.165, 1.54) is 6.07 Å². The van der Waals surface area contributed by atoms with Crippen molar-refractivity contribution in [3.05, 3.63) is 44.2 Å². The summed E-state index contributed by atoms with van der Waals surface area (Å²) >= 11 is 3.05. The van der Waals surface area contributed by atoms with Crippen molar-refractivity contribution in [1.29, 1.82) is 0 Å². The first-order valence-corrected chi connectivity index (χ1v) is 5.49. The molecule has 0 bridgehead atoms. The largest absolute Gasteiger partial charge is 0.416 e. The molecule has 0 unspecified atom stereocenters. The maximum Gasteiger partial charge on any atom is 0.416 e. The quantitative estimate of drug-likeness (QED) is 0.792. The molecule has 0 spiro atoms. The van der Waals surface area contributed by atoms with Crippen LogP contribution in [0, 0.1) is 6.92 Å². The fourth-order valence-electron chi connectivity index (χ4n) is 1.56.